The van der Waals surface area contributed by atoms with Gasteiger partial charge >= 0.3 is 11.9 Å². The van der Waals surface area contributed by atoms with E-state index >= 15 is 0 Å². The molecule has 364 valence electrons. The lowest BCUT2D eigenvalue weighted by Gasteiger charge is -2.42. The van der Waals surface area contributed by atoms with Gasteiger partial charge in [0.05, 0.1) is 19.8 Å². The summed E-state index contributed by atoms with van der Waals surface area (Å²) in [6, 6.07) is 0. The second kappa shape index (κ2) is 35.5. The molecule has 0 aromatic heterocycles. The first-order valence-electron chi connectivity index (χ1n) is 24.3. The van der Waals surface area contributed by atoms with Crippen LogP contribution in [0.1, 0.15) is 181 Å². The molecule has 0 bridgehead atoms. The van der Waals surface area contributed by atoms with E-state index in [1.165, 1.54) is 83.5 Å². The molecule has 2 heterocycles. The fourth-order valence-corrected chi connectivity index (χ4v) is 7.68. The highest BCUT2D eigenvalue weighted by Gasteiger charge is 2.47. The third-order valence-electron chi connectivity index (χ3n) is 11.7. The molecule has 15 heteroatoms. The number of carbonyl (C=O) groups excluding carboxylic acids is 2. The lowest BCUT2D eigenvalue weighted by molar-refractivity contribution is -0.332. The van der Waals surface area contributed by atoms with Gasteiger partial charge in [-0.25, -0.2) is 0 Å². The summed E-state index contributed by atoms with van der Waals surface area (Å²) < 4.78 is 33.5. The summed E-state index contributed by atoms with van der Waals surface area (Å²) in [7, 11) is 0. The normalized spacial score (nSPS) is 27.1. The first kappa shape index (κ1) is 56.4. The smallest absolute Gasteiger partial charge is 0.306 e. The Morgan fingerprint density at radius 1 is 0.500 bits per heavy atom. The second-order valence-corrected chi connectivity index (χ2v) is 17.3. The Balaban J connectivity index is 1.83. The molecule has 0 spiro atoms. The van der Waals surface area contributed by atoms with Crippen molar-refractivity contribution in [2.24, 2.45) is 0 Å². The van der Waals surface area contributed by atoms with Gasteiger partial charge in [0.25, 0.3) is 0 Å². The Labute approximate surface area is 371 Å². The molecule has 11 atom stereocenters. The van der Waals surface area contributed by atoms with Crippen LogP contribution in [0.4, 0.5) is 0 Å². The molecule has 7 N–H and O–H groups in total. The highest BCUT2D eigenvalue weighted by molar-refractivity contribution is 5.70. The summed E-state index contributed by atoms with van der Waals surface area (Å²) in [6.45, 7) is 2.56. The Morgan fingerprint density at radius 3 is 1.42 bits per heavy atom. The van der Waals surface area contributed by atoms with E-state index in [4.69, 9.17) is 28.4 Å². The lowest BCUT2D eigenvalue weighted by atomic mass is 9.98. The number of carbonyl (C=O) groups is 2. The van der Waals surface area contributed by atoms with Gasteiger partial charge in [-0.05, 0) is 38.5 Å². The fraction of sp³-hybridized carbons (Fsp3) is 0.915. The number of rotatable bonds is 37. The minimum atomic E-state index is -1.76. The SMILES string of the molecule is CCCCCCCCC=CCCCCCCCC(=O)OCC(COC1OC(COC2OC(CO)C(O)C(O)C2O)C(O)C(O)C1O)OC(=O)CCCCCCCCCCCCC. The molecule has 2 rings (SSSR count). The van der Waals surface area contributed by atoms with Gasteiger partial charge in [0, 0.05) is 12.8 Å². The van der Waals surface area contributed by atoms with Crippen molar-refractivity contribution in [2.45, 2.75) is 248 Å². The van der Waals surface area contributed by atoms with E-state index in [1.54, 1.807) is 0 Å². The molecule has 0 aromatic carbocycles. The second-order valence-electron chi connectivity index (χ2n) is 17.3. The molecule has 2 aliphatic heterocycles. The first-order valence-corrected chi connectivity index (χ1v) is 24.3. The predicted molar refractivity (Wildman–Crippen MR) is 234 cm³/mol. The highest BCUT2D eigenvalue weighted by Crippen LogP contribution is 2.26. The van der Waals surface area contributed by atoms with E-state index < -0.39 is 92.7 Å². The number of hydrogen-bond donors (Lipinski definition) is 7. The molecular formula is C47H86O15. The highest BCUT2D eigenvalue weighted by atomic mass is 16.7. The number of aliphatic hydroxyl groups excluding tert-OH is 7. The molecular weight excluding hydrogens is 805 g/mol. The maximum atomic E-state index is 12.9. The topological polar surface area (TPSA) is 231 Å². The number of esters is 2. The molecule has 15 nitrogen and oxygen atoms in total. The van der Waals surface area contributed by atoms with Crippen molar-refractivity contribution in [3.8, 4) is 0 Å². The zero-order valence-corrected chi connectivity index (χ0v) is 38.1. The molecule has 0 aromatic rings. The lowest BCUT2D eigenvalue weighted by Crippen LogP contribution is -2.61. The number of ether oxygens (including phenoxy) is 6. The van der Waals surface area contributed by atoms with E-state index in [-0.39, 0.29) is 26.1 Å². The average molecular weight is 891 g/mol. The molecule has 2 saturated heterocycles. The monoisotopic (exact) mass is 891 g/mol. The molecule has 0 aliphatic carbocycles. The quantitative estimate of drug-likeness (QED) is 0.0221. The minimum Gasteiger partial charge on any atom is -0.462 e. The van der Waals surface area contributed by atoms with Crippen molar-refractivity contribution in [1.82, 2.24) is 0 Å². The number of allylic oxidation sites excluding steroid dienone is 2. The van der Waals surface area contributed by atoms with Crippen LogP contribution in [0.2, 0.25) is 0 Å². The summed E-state index contributed by atoms with van der Waals surface area (Å²) in [4.78, 5) is 25.6. The van der Waals surface area contributed by atoms with Crippen LogP contribution >= 0.6 is 0 Å². The van der Waals surface area contributed by atoms with E-state index in [0.717, 1.165) is 57.8 Å². The maximum absolute atomic E-state index is 12.9. The van der Waals surface area contributed by atoms with E-state index in [9.17, 15) is 45.3 Å². The van der Waals surface area contributed by atoms with Gasteiger partial charge in [-0.3, -0.25) is 9.59 Å². The molecule has 2 fully saturated rings. The minimum absolute atomic E-state index is 0.168. The molecule has 0 radical (unpaired) electrons. The Bertz CT molecular complexity index is 1140. The van der Waals surface area contributed by atoms with Crippen LogP contribution < -0.4 is 0 Å². The Morgan fingerprint density at radius 2 is 0.919 bits per heavy atom. The third-order valence-corrected chi connectivity index (χ3v) is 11.7. The van der Waals surface area contributed by atoms with Gasteiger partial charge in [-0.1, -0.05) is 142 Å². The summed E-state index contributed by atoms with van der Waals surface area (Å²) in [5, 5.41) is 71.9. The van der Waals surface area contributed by atoms with Crippen LogP contribution in [0.5, 0.6) is 0 Å². The van der Waals surface area contributed by atoms with Crippen molar-refractivity contribution in [3.63, 3.8) is 0 Å². The van der Waals surface area contributed by atoms with E-state index in [2.05, 4.69) is 26.0 Å². The van der Waals surface area contributed by atoms with Crippen LogP contribution in [0.25, 0.3) is 0 Å². The third kappa shape index (κ3) is 24.0. The maximum Gasteiger partial charge on any atom is 0.306 e. The molecule has 0 saturated carbocycles. The van der Waals surface area contributed by atoms with Crippen LogP contribution in [-0.2, 0) is 38.0 Å². The molecule has 11 unspecified atom stereocenters. The van der Waals surface area contributed by atoms with Gasteiger partial charge < -0.3 is 64.2 Å². The van der Waals surface area contributed by atoms with Crippen LogP contribution in [0, 0.1) is 0 Å². The average Bonchev–Trinajstić information content (AvgIpc) is 3.26. The van der Waals surface area contributed by atoms with Crippen molar-refractivity contribution in [2.75, 3.05) is 26.4 Å². The van der Waals surface area contributed by atoms with Crippen molar-refractivity contribution in [1.29, 1.82) is 0 Å². The zero-order valence-electron chi connectivity index (χ0n) is 38.1. The van der Waals surface area contributed by atoms with Gasteiger partial charge in [0.2, 0.25) is 0 Å². The summed E-state index contributed by atoms with van der Waals surface area (Å²) in [5.74, 6) is -0.929. The predicted octanol–water partition coefficient (Wildman–Crippen LogP) is 5.82. The summed E-state index contributed by atoms with van der Waals surface area (Å²) in [5.41, 5.74) is 0. The number of unbranched alkanes of at least 4 members (excludes halogenated alkanes) is 21. The van der Waals surface area contributed by atoms with Gasteiger partial charge in [0.1, 0.15) is 55.4 Å². The van der Waals surface area contributed by atoms with E-state index in [0.29, 0.717) is 12.8 Å². The molecule has 0 amide bonds. The van der Waals surface area contributed by atoms with Gasteiger partial charge in [-0.2, -0.15) is 0 Å². The van der Waals surface area contributed by atoms with Crippen molar-refractivity contribution < 1.29 is 73.8 Å². The molecule has 62 heavy (non-hydrogen) atoms. The van der Waals surface area contributed by atoms with Crippen LogP contribution in [0.3, 0.4) is 0 Å². The van der Waals surface area contributed by atoms with Crippen LogP contribution in [-0.4, -0.2) is 142 Å². The fourth-order valence-electron chi connectivity index (χ4n) is 7.68. The largest absolute Gasteiger partial charge is 0.462 e. The van der Waals surface area contributed by atoms with E-state index in [1.807, 2.05) is 0 Å². The van der Waals surface area contributed by atoms with Gasteiger partial charge in [-0.15, -0.1) is 0 Å². The van der Waals surface area contributed by atoms with Gasteiger partial charge in [0.15, 0.2) is 18.7 Å². The summed E-state index contributed by atoms with van der Waals surface area (Å²) >= 11 is 0. The Hall–Kier alpha value is -1.76. The van der Waals surface area contributed by atoms with Crippen LogP contribution in [0.15, 0.2) is 12.2 Å². The first-order chi connectivity index (χ1) is 30.0. The van der Waals surface area contributed by atoms with Crippen molar-refractivity contribution in [3.05, 3.63) is 12.2 Å². The zero-order chi connectivity index (χ0) is 45.4. The van der Waals surface area contributed by atoms with Crippen molar-refractivity contribution >= 4 is 11.9 Å². The summed E-state index contributed by atoms with van der Waals surface area (Å²) in [6.07, 6.45) is 15.4. The standard InChI is InChI=1S/C47H86O15/c1-3-5-7-9-11-13-15-16-17-18-20-21-23-25-27-29-38(49)57-32-35(60-39(50)30-28-26-24-22-19-14-12-10-8-6-4-2)33-58-46-45(56)43(54)41(52)37(62-46)34-59-47-44(55)42(53)40(51)36(31-48)61-47/h16-17,35-37,40-48,51-56H,3-15,18-34H2,1-2H3. The Kier molecular flexibility index (Phi) is 32.3. The number of aliphatic hydroxyl groups is 7. The molecule has 2 aliphatic rings. The number of hydrogen-bond acceptors (Lipinski definition) is 15.